The minimum atomic E-state index is 0. The SMILES string of the molecule is [Zr].c1ccc2c(c1)-c1nc-2nc2[nH]c(nc3nc(nc4[nH]c(n1)c1ccccc41)-c1ccccc1-3)c1ccccc21. The number of aromatic nitrogens is 8. The molecule has 0 amide bonds. The molecule has 190 valence electrons. The third-order valence-corrected chi connectivity index (χ3v) is 7.46. The zero-order valence-corrected chi connectivity index (χ0v) is 23.9. The third-order valence-electron chi connectivity index (χ3n) is 7.46. The molecule has 9 rings (SSSR count). The summed E-state index contributed by atoms with van der Waals surface area (Å²) in [7, 11) is 0. The van der Waals surface area contributed by atoms with Gasteiger partial charge >= 0.3 is 0 Å². The van der Waals surface area contributed by atoms with Crippen LogP contribution in [0.4, 0.5) is 0 Å². The largest absolute Gasteiger partial charge is 0.324 e. The third kappa shape index (κ3) is 3.62. The molecular weight excluding hydrogens is 588 g/mol. The number of nitrogens with zero attached hydrogens (tertiary/aromatic N) is 6. The van der Waals surface area contributed by atoms with Crippen molar-refractivity contribution in [2.24, 2.45) is 0 Å². The summed E-state index contributed by atoms with van der Waals surface area (Å²) >= 11 is 0. The predicted octanol–water partition coefficient (Wildman–Crippen LogP) is 6.87. The van der Waals surface area contributed by atoms with Crippen LogP contribution in [-0.4, -0.2) is 39.9 Å². The van der Waals surface area contributed by atoms with Gasteiger partial charge in [-0.25, -0.2) is 29.9 Å². The van der Waals surface area contributed by atoms with Crippen molar-refractivity contribution in [1.82, 2.24) is 39.9 Å². The van der Waals surface area contributed by atoms with E-state index in [1.165, 1.54) is 0 Å². The van der Waals surface area contributed by atoms with Crippen LogP contribution in [0.25, 0.3) is 89.7 Å². The molecule has 2 N–H and O–H groups in total. The molecule has 2 aliphatic rings. The van der Waals surface area contributed by atoms with Crippen molar-refractivity contribution >= 4 is 44.1 Å². The molecule has 3 aromatic heterocycles. The summed E-state index contributed by atoms with van der Waals surface area (Å²) in [5.41, 5.74) is 6.45. The van der Waals surface area contributed by atoms with E-state index in [0.717, 1.165) is 43.8 Å². The van der Waals surface area contributed by atoms with Crippen LogP contribution in [0.5, 0.6) is 0 Å². The number of nitrogens with one attached hydrogen (secondary N) is 2. The monoisotopic (exact) mass is 604 g/mol. The summed E-state index contributed by atoms with van der Waals surface area (Å²) in [6, 6.07) is 32.2. The van der Waals surface area contributed by atoms with E-state index in [1.54, 1.807) is 0 Å². The Kier molecular flexibility index (Phi) is 5.31. The van der Waals surface area contributed by atoms with Gasteiger partial charge in [-0.1, -0.05) is 97.1 Å². The minimum Gasteiger partial charge on any atom is -0.324 e. The number of aromatic amines is 2. The topological polar surface area (TPSA) is 109 Å². The molecule has 0 fully saturated rings. The van der Waals surface area contributed by atoms with E-state index in [1.807, 2.05) is 97.1 Å². The van der Waals surface area contributed by atoms with E-state index in [4.69, 9.17) is 29.9 Å². The first kappa shape index (κ1) is 24.0. The molecule has 0 aliphatic carbocycles. The summed E-state index contributed by atoms with van der Waals surface area (Å²) in [4.78, 5) is 36.8. The molecule has 2 aliphatic heterocycles. The van der Waals surface area contributed by atoms with E-state index in [9.17, 15) is 0 Å². The van der Waals surface area contributed by atoms with Crippen molar-refractivity contribution in [3.63, 3.8) is 0 Å². The maximum atomic E-state index is 5.02. The Morgan fingerprint density at radius 2 is 0.561 bits per heavy atom. The van der Waals surface area contributed by atoms with E-state index < -0.39 is 0 Å². The van der Waals surface area contributed by atoms with Crippen LogP contribution >= 0.6 is 0 Å². The summed E-state index contributed by atoms with van der Waals surface area (Å²) in [5.74, 6) is 2.39. The second-order valence-electron chi connectivity index (χ2n) is 9.79. The molecule has 0 saturated carbocycles. The van der Waals surface area contributed by atoms with Crippen LogP contribution in [0, 0.1) is 0 Å². The molecule has 8 nitrogen and oxygen atoms in total. The molecular formula is C32H18N8Zr. The molecule has 41 heavy (non-hydrogen) atoms. The summed E-state index contributed by atoms with van der Waals surface area (Å²) < 4.78 is 0. The maximum absolute atomic E-state index is 5.02. The van der Waals surface area contributed by atoms with Gasteiger partial charge < -0.3 is 9.97 Å². The van der Waals surface area contributed by atoms with Crippen LogP contribution < -0.4 is 0 Å². The van der Waals surface area contributed by atoms with Crippen LogP contribution in [-0.2, 0) is 26.2 Å². The molecule has 0 unspecified atom stereocenters. The fourth-order valence-electron chi connectivity index (χ4n) is 5.59. The van der Waals surface area contributed by atoms with Crippen LogP contribution in [0.1, 0.15) is 0 Å². The van der Waals surface area contributed by atoms with Crippen LogP contribution in [0.15, 0.2) is 97.1 Å². The van der Waals surface area contributed by atoms with E-state index in [0.29, 0.717) is 45.9 Å². The van der Waals surface area contributed by atoms with Crippen molar-refractivity contribution < 1.29 is 26.2 Å². The van der Waals surface area contributed by atoms with Crippen LogP contribution in [0.2, 0.25) is 0 Å². The van der Waals surface area contributed by atoms with Gasteiger partial charge in [0, 0.05) is 70.0 Å². The number of benzene rings is 4. The maximum Gasteiger partial charge on any atom is 0.164 e. The Morgan fingerprint density at radius 3 is 0.829 bits per heavy atom. The van der Waals surface area contributed by atoms with Crippen molar-refractivity contribution in [3.8, 4) is 45.6 Å². The summed E-state index contributed by atoms with van der Waals surface area (Å²) in [5, 5.41) is 3.82. The Balaban J connectivity index is 0.00000256. The molecule has 0 atom stereocenters. The van der Waals surface area contributed by atoms with Crippen molar-refractivity contribution in [3.05, 3.63) is 97.1 Å². The average molecular weight is 606 g/mol. The van der Waals surface area contributed by atoms with Crippen molar-refractivity contribution in [2.75, 3.05) is 0 Å². The van der Waals surface area contributed by atoms with E-state index in [2.05, 4.69) is 9.97 Å². The molecule has 5 heterocycles. The molecule has 8 bridgehead atoms. The van der Waals surface area contributed by atoms with Gasteiger partial charge in [-0.3, -0.25) is 0 Å². The molecule has 7 aromatic rings. The summed E-state index contributed by atoms with van der Waals surface area (Å²) in [6.07, 6.45) is 0. The standard InChI is InChI=1S/C32H18N8.Zr/c1-2-10-18-17(9-1)25-33-26(18)38-28-21-13-5-6-14-22(21)30(35-28)40-32-24-16-8-7-15-23(24)31(36-32)39-29-20-12-4-3-11-19(20)27(34-29)37-25;/h1-16H,(H2,33,34,35,36,37,38,39,40);. The predicted molar refractivity (Wildman–Crippen MR) is 156 cm³/mol. The van der Waals surface area contributed by atoms with Gasteiger partial charge in [0.05, 0.1) is 0 Å². The van der Waals surface area contributed by atoms with Gasteiger partial charge in [0.15, 0.2) is 23.3 Å². The number of H-pyrrole nitrogens is 2. The fourth-order valence-corrected chi connectivity index (χ4v) is 5.59. The molecule has 0 saturated heterocycles. The molecule has 0 radical (unpaired) electrons. The second-order valence-corrected chi connectivity index (χ2v) is 9.79. The molecule has 4 aromatic carbocycles. The Labute approximate surface area is 251 Å². The normalized spacial score (nSPS) is 11.7. The smallest absolute Gasteiger partial charge is 0.164 e. The van der Waals surface area contributed by atoms with Gasteiger partial charge in [-0.15, -0.1) is 0 Å². The number of hydrogen-bond donors (Lipinski definition) is 2. The van der Waals surface area contributed by atoms with Gasteiger partial charge in [0.25, 0.3) is 0 Å². The van der Waals surface area contributed by atoms with Crippen molar-refractivity contribution in [2.45, 2.75) is 0 Å². The number of rotatable bonds is 0. The quantitative estimate of drug-likeness (QED) is 0.195. The Bertz CT molecular complexity index is 2030. The first-order chi connectivity index (χ1) is 19.8. The van der Waals surface area contributed by atoms with Gasteiger partial charge in [-0.05, 0) is 0 Å². The summed E-state index contributed by atoms with van der Waals surface area (Å²) in [6.45, 7) is 0. The van der Waals surface area contributed by atoms with E-state index >= 15 is 0 Å². The zero-order chi connectivity index (χ0) is 26.2. The minimum absolute atomic E-state index is 0. The average Bonchev–Trinajstić information content (AvgIpc) is 3.73. The Hall–Kier alpha value is -4.88. The van der Waals surface area contributed by atoms with Gasteiger partial charge in [0.1, 0.15) is 22.6 Å². The van der Waals surface area contributed by atoms with Crippen molar-refractivity contribution in [1.29, 1.82) is 0 Å². The zero-order valence-electron chi connectivity index (χ0n) is 21.4. The Morgan fingerprint density at radius 1 is 0.317 bits per heavy atom. The molecule has 9 heteroatoms. The van der Waals surface area contributed by atoms with E-state index in [-0.39, 0.29) is 26.2 Å². The first-order valence-corrected chi connectivity index (χ1v) is 13.0. The van der Waals surface area contributed by atoms with Gasteiger partial charge in [0.2, 0.25) is 0 Å². The van der Waals surface area contributed by atoms with Crippen LogP contribution in [0.3, 0.4) is 0 Å². The first-order valence-electron chi connectivity index (χ1n) is 13.0. The second kappa shape index (κ2) is 9.08. The fraction of sp³-hybridized carbons (Fsp3) is 0. The van der Waals surface area contributed by atoms with Gasteiger partial charge in [-0.2, -0.15) is 0 Å². The number of fused-ring (bicyclic) bond motifs is 20. The molecule has 0 spiro atoms. The number of hydrogen-bond acceptors (Lipinski definition) is 6.